The molecule has 6 heteroatoms. The predicted molar refractivity (Wildman–Crippen MR) is 118 cm³/mol. The Labute approximate surface area is 177 Å². The molecule has 2 N–H and O–H groups in total. The standard InChI is InChI=1S/2C12H14N2O/c2*1-12-7-4-8-14(12)10-6-3-2-5-9(10)11(15)13-12/h2*2-3,5-6H,4,7-8H2,1H3,(H,13,15)/t2*12-/m00/s1. The monoisotopic (exact) mass is 404 g/mol. The molecule has 156 valence electrons. The molecular weight excluding hydrogens is 376 g/mol. The van der Waals surface area contributed by atoms with Crippen LogP contribution in [0.3, 0.4) is 0 Å². The van der Waals surface area contributed by atoms with Gasteiger partial charge in [-0.3, -0.25) is 9.59 Å². The molecule has 2 aromatic carbocycles. The molecule has 0 bridgehead atoms. The first kappa shape index (κ1) is 19.0. The van der Waals surface area contributed by atoms with Gasteiger partial charge in [0.15, 0.2) is 0 Å². The van der Waals surface area contributed by atoms with Crippen LogP contribution in [0.2, 0.25) is 0 Å². The summed E-state index contributed by atoms with van der Waals surface area (Å²) < 4.78 is 0. The van der Waals surface area contributed by atoms with Crippen molar-refractivity contribution in [2.45, 2.75) is 50.9 Å². The van der Waals surface area contributed by atoms with Crippen LogP contribution in [0.5, 0.6) is 0 Å². The highest BCUT2D eigenvalue weighted by atomic mass is 16.2. The third-order valence-corrected chi connectivity index (χ3v) is 6.93. The van der Waals surface area contributed by atoms with E-state index in [1.54, 1.807) is 0 Å². The molecule has 0 spiro atoms. The molecule has 0 aromatic heterocycles. The minimum atomic E-state index is -0.161. The number of hydrogen-bond acceptors (Lipinski definition) is 4. The van der Waals surface area contributed by atoms with E-state index < -0.39 is 0 Å². The molecule has 2 aromatic rings. The molecule has 0 radical (unpaired) electrons. The second-order valence-electron chi connectivity index (χ2n) is 9.00. The van der Waals surface area contributed by atoms with Gasteiger partial charge in [0.05, 0.1) is 22.5 Å². The van der Waals surface area contributed by atoms with Crippen LogP contribution < -0.4 is 20.4 Å². The van der Waals surface area contributed by atoms with Gasteiger partial charge in [0.1, 0.15) is 11.3 Å². The van der Waals surface area contributed by atoms with Gasteiger partial charge in [-0.2, -0.15) is 0 Å². The zero-order valence-corrected chi connectivity index (χ0v) is 17.6. The lowest BCUT2D eigenvalue weighted by atomic mass is 10.0. The molecule has 4 aliphatic rings. The molecule has 2 saturated heterocycles. The van der Waals surface area contributed by atoms with Crippen molar-refractivity contribution in [2.24, 2.45) is 0 Å². The maximum atomic E-state index is 11.9. The smallest absolute Gasteiger partial charge is 0.255 e. The second kappa shape index (κ2) is 6.76. The van der Waals surface area contributed by atoms with Crippen molar-refractivity contribution in [3.05, 3.63) is 59.7 Å². The van der Waals surface area contributed by atoms with E-state index in [0.29, 0.717) is 0 Å². The number of fused-ring (bicyclic) bond motifs is 6. The number of anilines is 2. The Kier molecular flexibility index (Phi) is 4.27. The fraction of sp³-hybridized carbons (Fsp3) is 0.417. The zero-order chi connectivity index (χ0) is 20.9. The molecule has 2 atom stereocenters. The van der Waals surface area contributed by atoms with Crippen molar-refractivity contribution in [1.29, 1.82) is 0 Å². The average molecular weight is 405 g/mol. The van der Waals surface area contributed by atoms with Crippen LogP contribution in [0.4, 0.5) is 11.4 Å². The van der Waals surface area contributed by atoms with Gasteiger partial charge in [-0.25, -0.2) is 0 Å². The lowest BCUT2D eigenvalue weighted by Gasteiger charge is -2.42. The van der Waals surface area contributed by atoms with Gasteiger partial charge in [0.25, 0.3) is 11.8 Å². The third-order valence-electron chi connectivity index (χ3n) is 6.93. The summed E-state index contributed by atoms with van der Waals surface area (Å²) in [4.78, 5) is 28.4. The van der Waals surface area contributed by atoms with E-state index in [4.69, 9.17) is 0 Å². The van der Waals surface area contributed by atoms with Crippen LogP contribution >= 0.6 is 0 Å². The Morgan fingerprint density at radius 3 is 1.53 bits per heavy atom. The minimum Gasteiger partial charge on any atom is -0.348 e. The number of rotatable bonds is 0. The largest absolute Gasteiger partial charge is 0.348 e. The normalized spacial score (nSPS) is 28.3. The molecule has 30 heavy (non-hydrogen) atoms. The number of carbonyl (C=O) groups is 2. The number of hydrogen-bond donors (Lipinski definition) is 2. The topological polar surface area (TPSA) is 64.7 Å². The SMILES string of the molecule is C[C@@]12CCCN1c1ccccc1C(=O)N2.C[C@@]12CCCN1c1ccccc1C(=O)N2. The summed E-state index contributed by atoms with van der Waals surface area (Å²) in [5, 5.41) is 6.20. The molecule has 6 nitrogen and oxygen atoms in total. The third kappa shape index (κ3) is 2.85. The van der Waals surface area contributed by atoms with Crippen LogP contribution in [0, 0.1) is 0 Å². The van der Waals surface area contributed by atoms with Crippen LogP contribution in [-0.2, 0) is 0 Å². The van der Waals surface area contributed by atoms with Gasteiger partial charge in [0.2, 0.25) is 0 Å². The van der Waals surface area contributed by atoms with Crippen molar-refractivity contribution in [3.8, 4) is 0 Å². The van der Waals surface area contributed by atoms with E-state index in [-0.39, 0.29) is 23.1 Å². The highest BCUT2D eigenvalue weighted by Gasteiger charge is 2.44. The molecule has 2 fully saturated rings. The van der Waals surface area contributed by atoms with Gasteiger partial charge in [-0.1, -0.05) is 24.3 Å². The van der Waals surface area contributed by atoms with Crippen LogP contribution in [0.1, 0.15) is 60.2 Å². The van der Waals surface area contributed by atoms with E-state index >= 15 is 0 Å². The minimum absolute atomic E-state index is 0.0613. The quantitative estimate of drug-likeness (QED) is 0.706. The number of nitrogens with one attached hydrogen (secondary N) is 2. The lowest BCUT2D eigenvalue weighted by Crippen LogP contribution is -2.58. The molecule has 0 saturated carbocycles. The summed E-state index contributed by atoms with van der Waals surface area (Å²) in [6.07, 6.45) is 4.36. The second-order valence-corrected chi connectivity index (χ2v) is 9.00. The van der Waals surface area contributed by atoms with Crippen molar-refractivity contribution in [1.82, 2.24) is 10.6 Å². The first-order valence-corrected chi connectivity index (χ1v) is 10.8. The van der Waals surface area contributed by atoms with Crippen LogP contribution in [0.15, 0.2) is 48.5 Å². The van der Waals surface area contributed by atoms with Gasteiger partial charge in [0, 0.05) is 13.1 Å². The number of nitrogens with zero attached hydrogens (tertiary/aromatic N) is 2. The van der Waals surface area contributed by atoms with E-state index in [9.17, 15) is 9.59 Å². The van der Waals surface area contributed by atoms with E-state index in [0.717, 1.165) is 61.3 Å². The summed E-state index contributed by atoms with van der Waals surface area (Å²) in [5.74, 6) is 0.123. The lowest BCUT2D eigenvalue weighted by molar-refractivity contribution is 0.0888. The zero-order valence-electron chi connectivity index (χ0n) is 17.6. The first-order valence-electron chi connectivity index (χ1n) is 10.8. The Morgan fingerprint density at radius 1 is 0.700 bits per heavy atom. The fourth-order valence-electron chi connectivity index (χ4n) is 5.38. The molecule has 4 heterocycles. The van der Waals surface area contributed by atoms with Gasteiger partial charge in [-0.05, 0) is 63.8 Å². The van der Waals surface area contributed by atoms with Crippen molar-refractivity contribution in [3.63, 3.8) is 0 Å². The highest BCUT2D eigenvalue weighted by Crippen LogP contribution is 2.38. The molecular formula is C24H28N4O2. The van der Waals surface area contributed by atoms with Crippen molar-refractivity contribution < 1.29 is 9.59 Å². The number of para-hydroxylation sites is 2. The summed E-state index contributed by atoms with van der Waals surface area (Å²) in [6.45, 7) is 6.28. The Balaban J connectivity index is 0.000000128. The van der Waals surface area contributed by atoms with E-state index in [1.807, 2.05) is 48.5 Å². The molecule has 6 rings (SSSR count). The summed E-state index contributed by atoms with van der Waals surface area (Å²) in [5.41, 5.74) is 3.45. The van der Waals surface area contributed by atoms with Crippen molar-refractivity contribution >= 4 is 23.2 Å². The average Bonchev–Trinajstić information content (AvgIpc) is 3.31. The summed E-state index contributed by atoms with van der Waals surface area (Å²) in [6, 6.07) is 15.7. The summed E-state index contributed by atoms with van der Waals surface area (Å²) in [7, 11) is 0. The Morgan fingerprint density at radius 2 is 1.10 bits per heavy atom. The van der Waals surface area contributed by atoms with Crippen LogP contribution in [-0.4, -0.2) is 36.2 Å². The van der Waals surface area contributed by atoms with Crippen LogP contribution in [0.25, 0.3) is 0 Å². The van der Waals surface area contributed by atoms with E-state index in [2.05, 4.69) is 34.3 Å². The maximum Gasteiger partial charge on any atom is 0.255 e. The fourth-order valence-corrected chi connectivity index (χ4v) is 5.38. The molecule has 4 aliphatic heterocycles. The Bertz CT molecular complexity index is 940. The highest BCUT2D eigenvalue weighted by molar-refractivity contribution is 6.03. The van der Waals surface area contributed by atoms with Crippen molar-refractivity contribution in [2.75, 3.05) is 22.9 Å². The molecule has 0 unspecified atom stereocenters. The number of benzene rings is 2. The predicted octanol–water partition coefficient (Wildman–Crippen LogP) is 3.49. The molecule has 0 aliphatic carbocycles. The summed E-state index contributed by atoms with van der Waals surface area (Å²) >= 11 is 0. The number of amides is 2. The maximum absolute atomic E-state index is 11.9. The molecule has 2 amide bonds. The van der Waals surface area contributed by atoms with E-state index in [1.165, 1.54) is 0 Å². The first-order chi connectivity index (χ1) is 14.4. The Hall–Kier alpha value is -3.02. The number of carbonyl (C=O) groups excluding carboxylic acids is 2. The van der Waals surface area contributed by atoms with Gasteiger partial charge >= 0.3 is 0 Å². The van der Waals surface area contributed by atoms with Gasteiger partial charge < -0.3 is 20.4 Å². The van der Waals surface area contributed by atoms with Gasteiger partial charge in [-0.15, -0.1) is 0 Å².